The van der Waals surface area contributed by atoms with E-state index in [4.69, 9.17) is 11.6 Å². The monoisotopic (exact) mass is 305 g/mol. The maximum atomic E-state index is 5.82. The standard InChI is InChI=1S/C15H11BrCl/c16-14-8-4-12(5-9-14)2-1-3-13-6-10-15(17)11-7-13/h1-11H/b2-1+. The second kappa shape index (κ2) is 6.04. The first-order valence-electron chi connectivity index (χ1n) is 5.26. The van der Waals surface area contributed by atoms with Gasteiger partial charge >= 0.3 is 0 Å². The number of benzene rings is 2. The fourth-order valence-corrected chi connectivity index (χ4v) is 1.81. The minimum absolute atomic E-state index is 0.763. The molecule has 0 aliphatic carbocycles. The van der Waals surface area contributed by atoms with Crippen LogP contribution in [0.3, 0.4) is 0 Å². The van der Waals surface area contributed by atoms with Crippen LogP contribution in [0.5, 0.6) is 0 Å². The third-order valence-corrected chi connectivity index (χ3v) is 3.10. The van der Waals surface area contributed by atoms with Crippen LogP contribution in [-0.4, -0.2) is 0 Å². The molecule has 0 saturated carbocycles. The highest BCUT2D eigenvalue weighted by atomic mass is 79.9. The van der Waals surface area contributed by atoms with Crippen molar-refractivity contribution in [3.63, 3.8) is 0 Å². The zero-order valence-corrected chi connectivity index (χ0v) is 11.4. The average Bonchev–Trinajstić information content (AvgIpc) is 2.34. The minimum Gasteiger partial charge on any atom is -0.0843 e. The molecule has 2 rings (SSSR count). The number of halogens is 2. The van der Waals surface area contributed by atoms with E-state index >= 15 is 0 Å². The van der Waals surface area contributed by atoms with Crippen molar-refractivity contribution in [3.05, 3.63) is 81.7 Å². The van der Waals surface area contributed by atoms with Crippen LogP contribution >= 0.6 is 27.5 Å². The van der Waals surface area contributed by atoms with Gasteiger partial charge in [0.15, 0.2) is 0 Å². The van der Waals surface area contributed by atoms with E-state index in [1.165, 1.54) is 5.56 Å². The van der Waals surface area contributed by atoms with E-state index in [0.717, 1.165) is 15.1 Å². The van der Waals surface area contributed by atoms with Gasteiger partial charge in [-0.2, -0.15) is 0 Å². The Labute approximate surface area is 115 Å². The summed E-state index contributed by atoms with van der Waals surface area (Å²) in [4.78, 5) is 0. The van der Waals surface area contributed by atoms with E-state index in [0.29, 0.717) is 0 Å². The summed E-state index contributed by atoms with van der Waals surface area (Å²) in [5, 5.41) is 0.763. The molecule has 2 aromatic rings. The Hall–Kier alpha value is -1.05. The summed E-state index contributed by atoms with van der Waals surface area (Å²) >= 11 is 9.23. The van der Waals surface area contributed by atoms with Gasteiger partial charge in [0.1, 0.15) is 0 Å². The molecule has 2 heteroatoms. The van der Waals surface area contributed by atoms with E-state index in [1.807, 2.05) is 42.5 Å². The molecule has 17 heavy (non-hydrogen) atoms. The fraction of sp³-hybridized carbons (Fsp3) is 0. The normalized spacial score (nSPS) is 10.9. The smallest absolute Gasteiger partial charge is 0.0406 e. The summed E-state index contributed by atoms with van der Waals surface area (Å²) in [6.45, 7) is 0. The number of allylic oxidation sites excluding steroid dienone is 1. The van der Waals surface area contributed by atoms with Crippen LogP contribution in [-0.2, 0) is 0 Å². The zero-order valence-electron chi connectivity index (χ0n) is 9.11. The maximum Gasteiger partial charge on any atom is 0.0406 e. The van der Waals surface area contributed by atoms with Crippen LogP contribution < -0.4 is 0 Å². The first-order chi connectivity index (χ1) is 8.24. The van der Waals surface area contributed by atoms with Crippen molar-refractivity contribution >= 4 is 33.6 Å². The molecule has 0 nitrogen and oxygen atoms in total. The molecule has 0 N–H and O–H groups in total. The van der Waals surface area contributed by atoms with Gasteiger partial charge in [0.05, 0.1) is 0 Å². The Bertz CT molecular complexity index is 497. The molecule has 0 heterocycles. The van der Waals surface area contributed by atoms with Gasteiger partial charge in [0, 0.05) is 15.9 Å². The van der Waals surface area contributed by atoms with Crippen molar-refractivity contribution in [1.29, 1.82) is 0 Å². The van der Waals surface area contributed by atoms with Crippen LogP contribution in [0.1, 0.15) is 11.1 Å². The fourth-order valence-electron chi connectivity index (χ4n) is 1.42. The predicted molar refractivity (Wildman–Crippen MR) is 78.0 cm³/mol. The van der Waals surface area contributed by atoms with Crippen molar-refractivity contribution in [2.45, 2.75) is 0 Å². The molecule has 85 valence electrons. The summed E-state index contributed by atoms with van der Waals surface area (Å²) in [5.74, 6) is 0. The van der Waals surface area contributed by atoms with Crippen LogP contribution in [0.25, 0.3) is 6.08 Å². The molecule has 0 saturated heterocycles. The molecule has 0 aliphatic heterocycles. The SMILES string of the molecule is Clc1ccc([CH]/C=C/c2ccc(Br)cc2)cc1. The van der Waals surface area contributed by atoms with E-state index in [2.05, 4.69) is 40.6 Å². The summed E-state index contributed by atoms with van der Waals surface area (Å²) in [7, 11) is 0. The first-order valence-corrected chi connectivity index (χ1v) is 6.44. The second-order valence-electron chi connectivity index (χ2n) is 3.63. The Morgan fingerprint density at radius 2 is 1.41 bits per heavy atom. The molecule has 0 unspecified atom stereocenters. The lowest BCUT2D eigenvalue weighted by Gasteiger charge is -1.96. The van der Waals surface area contributed by atoms with Crippen LogP contribution in [0.4, 0.5) is 0 Å². The number of rotatable bonds is 3. The van der Waals surface area contributed by atoms with Gasteiger partial charge in [0.2, 0.25) is 0 Å². The Kier molecular flexibility index (Phi) is 4.41. The first kappa shape index (κ1) is 12.4. The third-order valence-electron chi connectivity index (χ3n) is 2.32. The van der Waals surface area contributed by atoms with Gasteiger partial charge in [-0.3, -0.25) is 0 Å². The molecule has 0 amide bonds. The highest BCUT2D eigenvalue weighted by Gasteiger charge is 1.91. The van der Waals surface area contributed by atoms with Gasteiger partial charge in [0.25, 0.3) is 0 Å². The summed E-state index contributed by atoms with van der Waals surface area (Å²) in [6.07, 6.45) is 6.16. The minimum atomic E-state index is 0.763. The molecule has 1 radical (unpaired) electrons. The Morgan fingerprint density at radius 3 is 2.06 bits per heavy atom. The molecular weight excluding hydrogens is 296 g/mol. The van der Waals surface area contributed by atoms with Crippen LogP contribution in [0.2, 0.25) is 5.02 Å². The quantitative estimate of drug-likeness (QED) is 0.715. The Balaban J connectivity index is 1.97. The Morgan fingerprint density at radius 1 is 0.824 bits per heavy atom. The average molecular weight is 307 g/mol. The lowest BCUT2D eigenvalue weighted by molar-refractivity contribution is 1.52. The number of hydrogen-bond donors (Lipinski definition) is 0. The van der Waals surface area contributed by atoms with E-state index in [9.17, 15) is 0 Å². The van der Waals surface area contributed by atoms with Crippen molar-refractivity contribution in [3.8, 4) is 0 Å². The van der Waals surface area contributed by atoms with E-state index < -0.39 is 0 Å². The van der Waals surface area contributed by atoms with Gasteiger partial charge in [-0.1, -0.05) is 63.9 Å². The predicted octanol–water partition coefficient (Wildman–Crippen LogP) is 5.37. The lowest BCUT2D eigenvalue weighted by atomic mass is 10.1. The van der Waals surface area contributed by atoms with Gasteiger partial charge in [-0.05, 0) is 35.4 Å². The van der Waals surface area contributed by atoms with Gasteiger partial charge in [-0.15, -0.1) is 0 Å². The molecule has 2 aromatic carbocycles. The van der Waals surface area contributed by atoms with Crippen molar-refractivity contribution < 1.29 is 0 Å². The summed E-state index contributed by atoms with van der Waals surface area (Å²) < 4.78 is 1.09. The largest absolute Gasteiger partial charge is 0.0843 e. The summed E-state index contributed by atoms with van der Waals surface area (Å²) in [5.41, 5.74) is 2.32. The van der Waals surface area contributed by atoms with Crippen LogP contribution in [0.15, 0.2) is 59.1 Å². The van der Waals surface area contributed by atoms with Crippen molar-refractivity contribution in [2.24, 2.45) is 0 Å². The molecular formula is C15H11BrCl. The second-order valence-corrected chi connectivity index (χ2v) is 4.98. The zero-order chi connectivity index (χ0) is 12.1. The van der Waals surface area contributed by atoms with E-state index in [1.54, 1.807) is 0 Å². The highest BCUT2D eigenvalue weighted by molar-refractivity contribution is 9.10. The highest BCUT2D eigenvalue weighted by Crippen LogP contribution is 2.14. The van der Waals surface area contributed by atoms with Crippen LogP contribution in [0, 0.1) is 6.42 Å². The van der Waals surface area contributed by atoms with Gasteiger partial charge in [-0.25, -0.2) is 0 Å². The van der Waals surface area contributed by atoms with Gasteiger partial charge < -0.3 is 0 Å². The molecule has 0 aliphatic rings. The molecule has 0 spiro atoms. The third kappa shape index (κ3) is 4.03. The molecule has 0 aromatic heterocycles. The van der Waals surface area contributed by atoms with Crippen molar-refractivity contribution in [2.75, 3.05) is 0 Å². The molecule has 0 bridgehead atoms. The maximum absolute atomic E-state index is 5.82. The number of hydrogen-bond acceptors (Lipinski definition) is 0. The lowest BCUT2D eigenvalue weighted by Crippen LogP contribution is -1.77. The summed E-state index contributed by atoms with van der Waals surface area (Å²) in [6, 6.07) is 16.0. The topological polar surface area (TPSA) is 0 Å². The molecule has 0 atom stereocenters. The van der Waals surface area contributed by atoms with E-state index in [-0.39, 0.29) is 0 Å². The molecule has 0 fully saturated rings. The van der Waals surface area contributed by atoms with Crippen molar-refractivity contribution in [1.82, 2.24) is 0 Å².